The number of fused-ring (bicyclic) bond motifs is 1. The van der Waals surface area contributed by atoms with Crippen LogP contribution < -0.4 is 10.9 Å². The molecule has 0 aliphatic heterocycles. The van der Waals surface area contributed by atoms with Gasteiger partial charge in [-0.1, -0.05) is 25.1 Å². The zero-order valence-corrected chi connectivity index (χ0v) is 16.1. The van der Waals surface area contributed by atoms with Gasteiger partial charge in [-0.3, -0.25) is 19.0 Å². The Hall–Kier alpha value is -2.29. The molecule has 2 rings (SSSR count). The van der Waals surface area contributed by atoms with Gasteiger partial charge in [-0.25, -0.2) is 4.98 Å². The fraction of sp³-hybridized carbons (Fsp3) is 0.529. The van der Waals surface area contributed by atoms with E-state index < -0.39 is 5.97 Å². The number of aromatic amines is 1. The van der Waals surface area contributed by atoms with Crippen LogP contribution in [-0.4, -0.2) is 45.3 Å². The number of esters is 1. The van der Waals surface area contributed by atoms with Crippen molar-refractivity contribution in [3.8, 4) is 0 Å². The number of nitrogens with one attached hydrogen (secondary N) is 2. The van der Waals surface area contributed by atoms with E-state index in [1.165, 1.54) is 11.8 Å². The van der Waals surface area contributed by atoms with E-state index in [0.29, 0.717) is 22.7 Å². The highest BCUT2D eigenvalue weighted by Crippen LogP contribution is 2.18. The van der Waals surface area contributed by atoms with Crippen molar-refractivity contribution in [2.45, 2.75) is 45.3 Å². The summed E-state index contributed by atoms with van der Waals surface area (Å²) in [5.74, 6) is -0.731. The summed E-state index contributed by atoms with van der Waals surface area (Å²) in [7, 11) is 0. The lowest BCUT2D eigenvalue weighted by Gasteiger charge is -2.11. The van der Waals surface area contributed by atoms with Crippen molar-refractivity contribution in [2.24, 2.45) is 0 Å². The number of aromatic nitrogens is 3. The Morgan fingerprint density at radius 3 is 2.85 bits per heavy atom. The molecule has 0 saturated carbocycles. The van der Waals surface area contributed by atoms with Crippen LogP contribution in [-0.2, 0) is 20.9 Å². The summed E-state index contributed by atoms with van der Waals surface area (Å²) in [6.45, 7) is 6.27. The van der Waals surface area contributed by atoms with Gasteiger partial charge in [0.25, 0.3) is 5.56 Å². The SMILES string of the molecule is CCCCn1c(SCC(=O)NCC(=O)OCC)nc2cc(C)[nH]c2c1=O. The Balaban J connectivity index is 2.13. The molecule has 0 radical (unpaired) electrons. The Morgan fingerprint density at radius 2 is 2.15 bits per heavy atom. The molecule has 2 aromatic heterocycles. The summed E-state index contributed by atoms with van der Waals surface area (Å²) in [4.78, 5) is 43.5. The molecule has 8 nitrogen and oxygen atoms in total. The molecule has 1 amide bonds. The van der Waals surface area contributed by atoms with Gasteiger partial charge in [0.15, 0.2) is 5.16 Å². The van der Waals surface area contributed by atoms with E-state index in [9.17, 15) is 14.4 Å². The molecular weight excluding hydrogens is 356 g/mol. The van der Waals surface area contributed by atoms with Gasteiger partial charge in [0.2, 0.25) is 5.91 Å². The van der Waals surface area contributed by atoms with Crippen LogP contribution in [0.5, 0.6) is 0 Å². The lowest BCUT2D eigenvalue weighted by Crippen LogP contribution is -2.32. The van der Waals surface area contributed by atoms with Gasteiger partial charge in [-0.2, -0.15) is 0 Å². The maximum Gasteiger partial charge on any atom is 0.325 e. The second-order valence-electron chi connectivity index (χ2n) is 5.79. The second-order valence-corrected chi connectivity index (χ2v) is 6.73. The maximum absolute atomic E-state index is 12.7. The maximum atomic E-state index is 12.7. The second kappa shape index (κ2) is 9.42. The predicted molar refractivity (Wildman–Crippen MR) is 100 cm³/mol. The smallest absolute Gasteiger partial charge is 0.325 e. The number of nitrogens with zero attached hydrogens (tertiary/aromatic N) is 2. The number of rotatable bonds is 9. The molecular formula is C17H24N4O4S. The minimum absolute atomic E-state index is 0.0624. The average molecular weight is 380 g/mol. The molecule has 0 saturated heterocycles. The van der Waals surface area contributed by atoms with E-state index in [4.69, 9.17) is 4.74 Å². The first-order chi connectivity index (χ1) is 12.5. The lowest BCUT2D eigenvalue weighted by atomic mass is 10.3. The molecule has 2 heterocycles. The largest absolute Gasteiger partial charge is 0.465 e. The quantitative estimate of drug-likeness (QED) is 0.389. The molecule has 2 N–H and O–H groups in total. The number of carbonyl (C=O) groups excluding carboxylic acids is 2. The minimum atomic E-state index is -0.479. The van der Waals surface area contributed by atoms with Crippen molar-refractivity contribution < 1.29 is 14.3 Å². The highest BCUT2D eigenvalue weighted by Gasteiger charge is 2.15. The highest BCUT2D eigenvalue weighted by atomic mass is 32.2. The summed E-state index contributed by atoms with van der Waals surface area (Å²) in [5.41, 5.74) is 1.80. The van der Waals surface area contributed by atoms with E-state index >= 15 is 0 Å². The first-order valence-corrected chi connectivity index (χ1v) is 9.60. The number of hydrogen-bond acceptors (Lipinski definition) is 6. The molecule has 2 aromatic rings. The number of ether oxygens (including phenoxy) is 1. The van der Waals surface area contributed by atoms with Crippen molar-refractivity contribution in [3.05, 3.63) is 22.1 Å². The summed E-state index contributed by atoms with van der Waals surface area (Å²) in [5, 5.41) is 3.00. The standard InChI is InChI=1S/C17H24N4O4S/c1-4-6-7-21-16(24)15-12(8-11(3)19-15)20-17(21)26-10-13(22)18-9-14(23)25-5-2/h8,19H,4-7,9-10H2,1-3H3,(H,18,22). The third-order valence-electron chi connectivity index (χ3n) is 3.64. The molecule has 0 spiro atoms. The molecule has 0 unspecified atom stereocenters. The van der Waals surface area contributed by atoms with Crippen molar-refractivity contribution in [1.29, 1.82) is 0 Å². The summed E-state index contributed by atoms with van der Waals surface area (Å²) in [6.07, 6.45) is 1.79. The molecule has 0 bridgehead atoms. The van der Waals surface area contributed by atoms with Crippen LogP contribution in [0.2, 0.25) is 0 Å². The number of thioether (sulfide) groups is 1. The molecule has 0 atom stereocenters. The molecule has 26 heavy (non-hydrogen) atoms. The van der Waals surface area contributed by atoms with Gasteiger partial charge >= 0.3 is 5.97 Å². The van der Waals surface area contributed by atoms with Crippen LogP contribution in [0, 0.1) is 6.92 Å². The summed E-state index contributed by atoms with van der Waals surface area (Å²) >= 11 is 1.18. The Labute approximate surface area is 155 Å². The topological polar surface area (TPSA) is 106 Å². The number of H-pyrrole nitrogens is 1. The Kier molecular flexibility index (Phi) is 7.26. The van der Waals surface area contributed by atoms with Crippen LogP contribution >= 0.6 is 11.8 Å². The molecule has 9 heteroatoms. The number of amides is 1. The van der Waals surface area contributed by atoms with Gasteiger partial charge < -0.3 is 15.0 Å². The molecule has 142 valence electrons. The van der Waals surface area contributed by atoms with Crippen LogP contribution in [0.3, 0.4) is 0 Å². The summed E-state index contributed by atoms with van der Waals surface area (Å²) in [6, 6.07) is 1.81. The predicted octanol–water partition coefficient (Wildman–Crippen LogP) is 1.60. The monoisotopic (exact) mass is 380 g/mol. The number of hydrogen-bond donors (Lipinski definition) is 2. The van der Waals surface area contributed by atoms with Gasteiger partial charge in [0.1, 0.15) is 12.1 Å². The van der Waals surface area contributed by atoms with Gasteiger partial charge in [0, 0.05) is 12.2 Å². The van der Waals surface area contributed by atoms with Gasteiger partial charge in [-0.15, -0.1) is 0 Å². The van der Waals surface area contributed by atoms with Crippen LogP contribution in [0.25, 0.3) is 11.0 Å². The minimum Gasteiger partial charge on any atom is -0.465 e. The number of unbranched alkanes of at least 4 members (excludes halogenated alkanes) is 1. The Bertz CT molecular complexity index is 843. The zero-order chi connectivity index (χ0) is 19.1. The van der Waals surface area contributed by atoms with E-state index in [1.54, 1.807) is 11.5 Å². The van der Waals surface area contributed by atoms with Crippen molar-refractivity contribution in [1.82, 2.24) is 19.9 Å². The molecule has 0 aliphatic rings. The fourth-order valence-corrected chi connectivity index (χ4v) is 3.25. The molecule has 0 aromatic carbocycles. The van der Waals surface area contributed by atoms with Crippen molar-refractivity contribution in [3.63, 3.8) is 0 Å². The van der Waals surface area contributed by atoms with E-state index in [0.717, 1.165) is 18.5 Å². The molecule has 0 fully saturated rings. The van der Waals surface area contributed by atoms with Gasteiger partial charge in [0.05, 0.1) is 17.9 Å². The van der Waals surface area contributed by atoms with E-state index in [2.05, 4.69) is 15.3 Å². The first-order valence-electron chi connectivity index (χ1n) is 8.61. The van der Waals surface area contributed by atoms with Crippen molar-refractivity contribution in [2.75, 3.05) is 18.9 Å². The van der Waals surface area contributed by atoms with Crippen LogP contribution in [0.4, 0.5) is 0 Å². The summed E-state index contributed by atoms with van der Waals surface area (Å²) < 4.78 is 6.37. The highest BCUT2D eigenvalue weighted by molar-refractivity contribution is 7.99. The Morgan fingerprint density at radius 1 is 1.38 bits per heavy atom. The third kappa shape index (κ3) is 5.10. The number of aryl methyl sites for hydroxylation is 1. The third-order valence-corrected chi connectivity index (χ3v) is 4.62. The normalized spacial score (nSPS) is 10.9. The molecule has 0 aliphatic carbocycles. The average Bonchev–Trinajstić information content (AvgIpc) is 2.98. The first kappa shape index (κ1) is 20.0. The van der Waals surface area contributed by atoms with Crippen LogP contribution in [0.1, 0.15) is 32.4 Å². The zero-order valence-electron chi connectivity index (χ0n) is 15.3. The lowest BCUT2D eigenvalue weighted by molar-refractivity contribution is -0.143. The van der Waals surface area contributed by atoms with Gasteiger partial charge in [-0.05, 0) is 26.3 Å². The fourth-order valence-electron chi connectivity index (χ4n) is 2.40. The van der Waals surface area contributed by atoms with E-state index in [-0.39, 0.29) is 30.4 Å². The van der Waals surface area contributed by atoms with E-state index in [1.807, 2.05) is 19.9 Å². The van der Waals surface area contributed by atoms with Crippen LogP contribution in [0.15, 0.2) is 16.0 Å². The van der Waals surface area contributed by atoms with Crippen molar-refractivity contribution >= 4 is 34.7 Å². The number of carbonyl (C=O) groups is 2.